The number of nitrogen functional groups attached to an aromatic ring is 1. The third-order valence-corrected chi connectivity index (χ3v) is 2.69. The van der Waals surface area contributed by atoms with E-state index in [2.05, 4.69) is 0 Å². The second-order valence-corrected chi connectivity index (χ2v) is 4.19. The largest absolute Gasteiger partial charge is 0.495 e. The van der Waals surface area contributed by atoms with Gasteiger partial charge in [0.05, 0.1) is 10.4 Å². The van der Waals surface area contributed by atoms with Gasteiger partial charge in [0.25, 0.3) is 5.69 Å². The summed E-state index contributed by atoms with van der Waals surface area (Å²) in [7, 11) is -3.27. The van der Waals surface area contributed by atoms with Gasteiger partial charge in [0.1, 0.15) is 0 Å². The quantitative estimate of drug-likeness (QED) is 0.195. The number of anilines is 1. The summed E-state index contributed by atoms with van der Waals surface area (Å²) in [6.07, 6.45) is 0. The number of para-hydroxylation sites is 2. The lowest BCUT2D eigenvalue weighted by Crippen LogP contribution is -2.31. The van der Waals surface area contributed by atoms with Crippen molar-refractivity contribution >= 4 is 36.5 Å². The van der Waals surface area contributed by atoms with Crippen molar-refractivity contribution < 1.29 is 25.0 Å². The molecule has 0 bridgehead atoms. The fraction of sp³-hybridized carbons (Fsp3) is 0. The highest BCUT2D eigenvalue weighted by Crippen LogP contribution is 2.06. The molecular formula is C12H14B2N2O6. The van der Waals surface area contributed by atoms with Gasteiger partial charge in [0.15, 0.2) is 0 Å². The maximum atomic E-state index is 10.3. The van der Waals surface area contributed by atoms with E-state index in [1.54, 1.807) is 24.3 Å². The minimum absolute atomic E-state index is 0.0949. The van der Waals surface area contributed by atoms with E-state index in [1.807, 2.05) is 0 Å². The maximum Gasteiger partial charge on any atom is 0.495 e. The van der Waals surface area contributed by atoms with Crippen molar-refractivity contribution in [3.63, 3.8) is 0 Å². The summed E-state index contributed by atoms with van der Waals surface area (Å²) >= 11 is 0. The van der Waals surface area contributed by atoms with E-state index in [4.69, 9.17) is 25.8 Å². The lowest BCUT2D eigenvalue weighted by atomic mass is 9.79. The molecule has 0 aliphatic heterocycles. The van der Waals surface area contributed by atoms with Crippen LogP contribution < -0.4 is 16.7 Å². The summed E-state index contributed by atoms with van der Waals surface area (Å²) in [6, 6.07) is 12.1. The molecule has 8 nitrogen and oxygen atoms in total. The van der Waals surface area contributed by atoms with E-state index < -0.39 is 19.2 Å². The first kappa shape index (κ1) is 17.7. The number of nitro groups is 1. The second kappa shape index (κ2) is 8.15. The lowest BCUT2D eigenvalue weighted by Gasteiger charge is -2.01. The van der Waals surface area contributed by atoms with Gasteiger partial charge >= 0.3 is 14.2 Å². The van der Waals surface area contributed by atoms with Crippen molar-refractivity contribution in [1.82, 2.24) is 0 Å². The van der Waals surface area contributed by atoms with Crippen molar-refractivity contribution in [2.45, 2.75) is 0 Å². The van der Waals surface area contributed by atoms with E-state index in [0.717, 1.165) is 0 Å². The Morgan fingerprint density at radius 2 is 1.32 bits per heavy atom. The summed E-state index contributed by atoms with van der Waals surface area (Å²) in [5, 5.41) is 45.1. The molecule has 22 heavy (non-hydrogen) atoms. The van der Waals surface area contributed by atoms with Crippen LogP contribution in [0, 0.1) is 10.1 Å². The van der Waals surface area contributed by atoms with Crippen LogP contribution in [0.2, 0.25) is 0 Å². The van der Waals surface area contributed by atoms with Gasteiger partial charge in [-0.25, -0.2) is 0 Å². The predicted molar refractivity (Wildman–Crippen MR) is 83.6 cm³/mol. The third-order valence-electron chi connectivity index (χ3n) is 2.69. The molecular weight excluding hydrogens is 290 g/mol. The van der Waals surface area contributed by atoms with Gasteiger partial charge < -0.3 is 25.8 Å². The average Bonchev–Trinajstić information content (AvgIpc) is 2.48. The topological polar surface area (TPSA) is 150 Å². The monoisotopic (exact) mass is 304 g/mol. The summed E-state index contributed by atoms with van der Waals surface area (Å²) in [6.45, 7) is 0. The fourth-order valence-electron chi connectivity index (χ4n) is 1.62. The SMILES string of the molecule is Nc1ccccc1B(O)O.O=[N+]([O-])c1ccccc1B(O)O. The molecule has 2 aromatic rings. The summed E-state index contributed by atoms with van der Waals surface area (Å²) in [4.78, 5) is 9.65. The average molecular weight is 304 g/mol. The number of hydrogen-bond acceptors (Lipinski definition) is 7. The Morgan fingerprint density at radius 3 is 1.68 bits per heavy atom. The first-order chi connectivity index (χ1) is 10.3. The minimum atomic E-state index is -1.80. The smallest absolute Gasteiger partial charge is 0.423 e. The van der Waals surface area contributed by atoms with Gasteiger partial charge in [-0.15, -0.1) is 0 Å². The summed E-state index contributed by atoms with van der Waals surface area (Å²) in [5.41, 5.74) is 5.77. The Morgan fingerprint density at radius 1 is 0.864 bits per heavy atom. The minimum Gasteiger partial charge on any atom is -0.423 e. The van der Waals surface area contributed by atoms with Crippen LogP contribution in [0.5, 0.6) is 0 Å². The molecule has 0 saturated heterocycles. The Balaban J connectivity index is 0.000000224. The molecule has 0 fully saturated rings. The third kappa shape index (κ3) is 4.86. The van der Waals surface area contributed by atoms with E-state index in [9.17, 15) is 10.1 Å². The highest BCUT2D eigenvalue weighted by atomic mass is 16.6. The van der Waals surface area contributed by atoms with Gasteiger partial charge in [-0.3, -0.25) is 10.1 Å². The standard InChI is InChI=1S/C6H6BNO4.C6H8BNO2/c9-7(10)5-3-1-2-4-6(5)8(11)12;8-6-4-2-1-3-5(6)7(9)10/h1-4,9-10H;1-4,9-10H,8H2. The molecule has 10 heteroatoms. The Labute approximate surface area is 126 Å². The highest BCUT2D eigenvalue weighted by Gasteiger charge is 2.22. The van der Waals surface area contributed by atoms with E-state index in [1.165, 1.54) is 24.3 Å². The van der Waals surface area contributed by atoms with Crippen molar-refractivity contribution in [2.75, 3.05) is 5.73 Å². The number of rotatable bonds is 3. The number of hydrogen-bond donors (Lipinski definition) is 5. The summed E-state index contributed by atoms with van der Waals surface area (Å²) < 4.78 is 0. The predicted octanol–water partition coefficient (Wildman–Crippen LogP) is -1.78. The van der Waals surface area contributed by atoms with Crippen LogP contribution in [0.25, 0.3) is 0 Å². The molecule has 0 saturated carbocycles. The van der Waals surface area contributed by atoms with Crippen LogP contribution in [0.15, 0.2) is 48.5 Å². The van der Waals surface area contributed by atoms with Crippen molar-refractivity contribution in [2.24, 2.45) is 0 Å². The Hall–Kier alpha value is -2.39. The number of nitrogens with two attached hydrogens (primary N) is 1. The zero-order chi connectivity index (χ0) is 16.7. The molecule has 0 spiro atoms. The van der Waals surface area contributed by atoms with Crippen molar-refractivity contribution in [3.8, 4) is 0 Å². The number of nitrogens with zero attached hydrogens (tertiary/aromatic N) is 1. The van der Waals surface area contributed by atoms with Gasteiger partial charge in [-0.1, -0.05) is 36.4 Å². The zero-order valence-electron chi connectivity index (χ0n) is 11.4. The first-order valence-electron chi connectivity index (χ1n) is 6.14. The summed E-state index contributed by atoms with van der Waals surface area (Å²) in [5.74, 6) is 0. The van der Waals surface area contributed by atoms with Gasteiger partial charge in [-0.2, -0.15) is 0 Å². The van der Waals surface area contributed by atoms with E-state index in [0.29, 0.717) is 11.2 Å². The van der Waals surface area contributed by atoms with Gasteiger partial charge in [-0.05, 0) is 6.07 Å². The first-order valence-corrected chi connectivity index (χ1v) is 6.14. The molecule has 0 aromatic heterocycles. The number of nitro benzene ring substituents is 1. The molecule has 0 atom stereocenters. The van der Waals surface area contributed by atoms with Crippen molar-refractivity contribution in [1.29, 1.82) is 0 Å². The van der Waals surface area contributed by atoms with Crippen LogP contribution in [0.1, 0.15) is 0 Å². The molecule has 0 heterocycles. The molecule has 6 N–H and O–H groups in total. The van der Waals surface area contributed by atoms with E-state index >= 15 is 0 Å². The van der Waals surface area contributed by atoms with Gasteiger partial charge in [0.2, 0.25) is 0 Å². The molecule has 2 aromatic carbocycles. The normalized spacial score (nSPS) is 9.45. The number of benzene rings is 2. The Bertz CT molecular complexity index is 639. The maximum absolute atomic E-state index is 10.3. The fourth-order valence-corrected chi connectivity index (χ4v) is 1.62. The second-order valence-electron chi connectivity index (χ2n) is 4.19. The Kier molecular flexibility index (Phi) is 6.54. The van der Waals surface area contributed by atoms with Crippen molar-refractivity contribution in [3.05, 3.63) is 58.6 Å². The molecule has 114 valence electrons. The zero-order valence-corrected chi connectivity index (χ0v) is 11.4. The van der Waals surface area contributed by atoms with Crippen LogP contribution in [0.3, 0.4) is 0 Å². The van der Waals surface area contributed by atoms with Crippen LogP contribution in [-0.4, -0.2) is 39.3 Å². The van der Waals surface area contributed by atoms with Crippen LogP contribution in [-0.2, 0) is 0 Å². The lowest BCUT2D eigenvalue weighted by molar-refractivity contribution is -0.383. The highest BCUT2D eigenvalue weighted by molar-refractivity contribution is 6.60. The molecule has 0 aliphatic rings. The van der Waals surface area contributed by atoms with E-state index in [-0.39, 0.29) is 11.2 Å². The molecule has 0 unspecified atom stereocenters. The molecule has 0 amide bonds. The van der Waals surface area contributed by atoms with Crippen LogP contribution in [0.4, 0.5) is 11.4 Å². The molecule has 0 aliphatic carbocycles. The van der Waals surface area contributed by atoms with Gasteiger partial charge in [0, 0.05) is 17.2 Å². The molecule has 0 radical (unpaired) electrons. The molecule has 2 rings (SSSR count). The van der Waals surface area contributed by atoms with Crippen LogP contribution >= 0.6 is 0 Å².